The molecule has 0 aliphatic rings. The highest BCUT2D eigenvalue weighted by Crippen LogP contribution is 2.22. The molecule has 1 aromatic rings. The number of nitrogens with two attached hydrogens (primary N) is 1. The first-order chi connectivity index (χ1) is 8.43. The average Bonchev–Trinajstić information content (AvgIpc) is 2.29. The Morgan fingerprint density at radius 3 is 2.00 bits per heavy atom. The van der Waals surface area contributed by atoms with E-state index in [9.17, 15) is 8.42 Å². The van der Waals surface area contributed by atoms with E-state index in [0.717, 1.165) is 25.7 Å². The summed E-state index contributed by atoms with van der Waals surface area (Å²) in [6.45, 7) is 4.07. The molecule has 0 spiro atoms. The van der Waals surface area contributed by atoms with E-state index in [1.165, 1.54) is 0 Å². The number of benzene rings is 1. The van der Waals surface area contributed by atoms with Gasteiger partial charge in [-0.05, 0) is 25.0 Å². The molecule has 3 nitrogen and oxygen atoms in total. The lowest BCUT2D eigenvalue weighted by Gasteiger charge is -2.28. The van der Waals surface area contributed by atoms with Gasteiger partial charge in [-0.2, -0.15) is 0 Å². The first kappa shape index (κ1) is 15.2. The van der Waals surface area contributed by atoms with Gasteiger partial charge in [0, 0.05) is 5.54 Å². The minimum absolute atomic E-state index is 0.0334. The Hall–Kier alpha value is -0.870. The summed E-state index contributed by atoms with van der Waals surface area (Å²) in [6, 6.07) is 8.56. The molecule has 1 aromatic carbocycles. The SMILES string of the molecule is CCCC(N)(CCC)CS(=O)(=O)c1ccccc1. The zero-order chi connectivity index (χ0) is 13.6. The molecule has 0 saturated carbocycles. The first-order valence-electron chi connectivity index (χ1n) is 6.50. The van der Waals surface area contributed by atoms with E-state index in [4.69, 9.17) is 5.73 Å². The van der Waals surface area contributed by atoms with E-state index in [2.05, 4.69) is 0 Å². The van der Waals surface area contributed by atoms with Crippen LogP contribution in [0.25, 0.3) is 0 Å². The molecule has 0 aliphatic heterocycles. The molecule has 2 N–H and O–H groups in total. The molecule has 0 radical (unpaired) electrons. The van der Waals surface area contributed by atoms with Crippen molar-refractivity contribution in [3.05, 3.63) is 30.3 Å². The molecule has 0 amide bonds. The lowest BCUT2D eigenvalue weighted by Crippen LogP contribution is -2.46. The molecule has 0 atom stereocenters. The third kappa shape index (κ3) is 4.10. The molecule has 0 heterocycles. The molecule has 0 unspecified atom stereocenters. The van der Waals surface area contributed by atoms with Crippen LogP contribution >= 0.6 is 0 Å². The van der Waals surface area contributed by atoms with Crippen LogP contribution in [0.4, 0.5) is 0 Å². The maximum Gasteiger partial charge on any atom is 0.180 e. The van der Waals surface area contributed by atoms with E-state index in [0.29, 0.717) is 4.90 Å². The fraction of sp³-hybridized carbons (Fsp3) is 0.571. The third-order valence-corrected chi connectivity index (χ3v) is 5.02. The highest BCUT2D eigenvalue weighted by atomic mass is 32.2. The minimum Gasteiger partial charge on any atom is -0.324 e. The Kier molecular flexibility index (Phi) is 5.35. The Bertz CT molecular complexity index is 448. The van der Waals surface area contributed by atoms with E-state index in [1.54, 1.807) is 24.3 Å². The number of sulfone groups is 1. The second kappa shape index (κ2) is 6.34. The van der Waals surface area contributed by atoms with Crippen LogP contribution in [-0.4, -0.2) is 19.7 Å². The Balaban J connectivity index is 2.93. The molecular formula is C14H23NO2S. The molecular weight excluding hydrogens is 246 g/mol. The highest BCUT2D eigenvalue weighted by molar-refractivity contribution is 7.91. The van der Waals surface area contributed by atoms with Crippen molar-refractivity contribution in [1.29, 1.82) is 0 Å². The van der Waals surface area contributed by atoms with Crippen LogP contribution < -0.4 is 5.73 Å². The van der Waals surface area contributed by atoms with Gasteiger partial charge in [0.2, 0.25) is 0 Å². The van der Waals surface area contributed by atoms with Crippen molar-refractivity contribution in [3.63, 3.8) is 0 Å². The molecule has 0 fully saturated rings. The van der Waals surface area contributed by atoms with Crippen LogP contribution in [0.2, 0.25) is 0 Å². The Labute approximate surface area is 110 Å². The summed E-state index contributed by atoms with van der Waals surface area (Å²) in [5.74, 6) is 0.0334. The van der Waals surface area contributed by atoms with Gasteiger partial charge in [0.05, 0.1) is 10.6 Å². The lowest BCUT2D eigenvalue weighted by molar-refractivity contribution is 0.392. The number of hydrogen-bond acceptors (Lipinski definition) is 3. The van der Waals surface area contributed by atoms with Crippen molar-refractivity contribution < 1.29 is 8.42 Å². The third-order valence-electron chi connectivity index (χ3n) is 3.08. The van der Waals surface area contributed by atoms with Crippen LogP contribution in [-0.2, 0) is 9.84 Å². The summed E-state index contributed by atoms with van der Waals surface area (Å²) in [5, 5.41) is 0. The Morgan fingerprint density at radius 1 is 1.06 bits per heavy atom. The summed E-state index contributed by atoms with van der Waals surface area (Å²) < 4.78 is 24.6. The predicted octanol–water partition coefficient (Wildman–Crippen LogP) is 2.76. The number of rotatable bonds is 7. The zero-order valence-electron chi connectivity index (χ0n) is 11.2. The monoisotopic (exact) mass is 269 g/mol. The average molecular weight is 269 g/mol. The molecule has 18 heavy (non-hydrogen) atoms. The van der Waals surface area contributed by atoms with Crippen molar-refractivity contribution in [2.45, 2.75) is 50.0 Å². The van der Waals surface area contributed by atoms with Gasteiger partial charge < -0.3 is 5.73 Å². The van der Waals surface area contributed by atoms with E-state index in [-0.39, 0.29) is 5.75 Å². The predicted molar refractivity (Wildman–Crippen MR) is 75.2 cm³/mol. The van der Waals surface area contributed by atoms with Gasteiger partial charge >= 0.3 is 0 Å². The second-order valence-corrected chi connectivity index (χ2v) is 6.92. The minimum atomic E-state index is -3.29. The fourth-order valence-electron chi connectivity index (χ4n) is 2.35. The highest BCUT2D eigenvalue weighted by Gasteiger charge is 2.30. The maximum atomic E-state index is 12.3. The molecule has 0 aliphatic carbocycles. The normalized spacial score (nSPS) is 12.6. The van der Waals surface area contributed by atoms with Crippen molar-refractivity contribution in [2.75, 3.05) is 5.75 Å². The van der Waals surface area contributed by atoms with Crippen molar-refractivity contribution in [1.82, 2.24) is 0 Å². The summed E-state index contributed by atoms with van der Waals surface area (Å²) >= 11 is 0. The van der Waals surface area contributed by atoms with Gasteiger partial charge in [-0.25, -0.2) is 8.42 Å². The van der Waals surface area contributed by atoms with E-state index in [1.807, 2.05) is 19.9 Å². The van der Waals surface area contributed by atoms with Gasteiger partial charge in [-0.15, -0.1) is 0 Å². The number of hydrogen-bond donors (Lipinski definition) is 1. The molecule has 102 valence electrons. The second-order valence-electron chi connectivity index (χ2n) is 4.93. The summed E-state index contributed by atoms with van der Waals surface area (Å²) in [4.78, 5) is 0.368. The van der Waals surface area contributed by atoms with E-state index >= 15 is 0 Å². The van der Waals surface area contributed by atoms with Crippen LogP contribution in [0.15, 0.2) is 35.2 Å². The maximum absolute atomic E-state index is 12.3. The van der Waals surface area contributed by atoms with Gasteiger partial charge in [0.1, 0.15) is 0 Å². The van der Waals surface area contributed by atoms with E-state index < -0.39 is 15.4 Å². The van der Waals surface area contributed by atoms with Crippen LogP contribution in [0.1, 0.15) is 39.5 Å². The van der Waals surface area contributed by atoms with Crippen molar-refractivity contribution in [2.24, 2.45) is 5.73 Å². The van der Waals surface area contributed by atoms with Crippen molar-refractivity contribution in [3.8, 4) is 0 Å². The molecule has 1 rings (SSSR count). The van der Waals surface area contributed by atoms with Gasteiger partial charge in [0.15, 0.2) is 9.84 Å². The molecule has 0 bridgehead atoms. The van der Waals surface area contributed by atoms with Crippen LogP contribution in [0, 0.1) is 0 Å². The topological polar surface area (TPSA) is 60.2 Å². The molecule has 0 saturated heterocycles. The van der Waals surface area contributed by atoms with Crippen molar-refractivity contribution >= 4 is 9.84 Å². The van der Waals surface area contributed by atoms with Gasteiger partial charge in [-0.3, -0.25) is 0 Å². The quantitative estimate of drug-likeness (QED) is 0.828. The molecule has 4 heteroatoms. The van der Waals surface area contributed by atoms with Crippen LogP contribution in [0.3, 0.4) is 0 Å². The lowest BCUT2D eigenvalue weighted by atomic mass is 9.92. The zero-order valence-corrected chi connectivity index (χ0v) is 12.0. The molecule has 0 aromatic heterocycles. The fourth-order valence-corrected chi connectivity index (χ4v) is 4.14. The summed E-state index contributed by atoms with van der Waals surface area (Å²) in [7, 11) is -3.29. The van der Waals surface area contributed by atoms with Gasteiger partial charge in [0.25, 0.3) is 0 Å². The standard InChI is InChI=1S/C14H23NO2S/c1-3-10-14(15,11-4-2)12-18(16,17)13-8-6-5-7-9-13/h5-9H,3-4,10-12,15H2,1-2H3. The largest absolute Gasteiger partial charge is 0.324 e. The smallest absolute Gasteiger partial charge is 0.180 e. The summed E-state index contributed by atoms with van der Waals surface area (Å²) in [6.07, 6.45) is 3.29. The summed E-state index contributed by atoms with van der Waals surface area (Å²) in [5.41, 5.74) is 5.66. The van der Waals surface area contributed by atoms with Crippen LogP contribution in [0.5, 0.6) is 0 Å². The first-order valence-corrected chi connectivity index (χ1v) is 8.15. The van der Waals surface area contributed by atoms with Gasteiger partial charge in [-0.1, -0.05) is 44.9 Å². The Morgan fingerprint density at radius 2 is 1.56 bits per heavy atom.